The van der Waals surface area contributed by atoms with Crippen molar-refractivity contribution in [3.8, 4) is 0 Å². The smallest absolute Gasteiger partial charge is 0.211 e. The lowest BCUT2D eigenvalue weighted by Crippen LogP contribution is -2.29. The van der Waals surface area contributed by atoms with Crippen LogP contribution in [0, 0.1) is 5.82 Å². The van der Waals surface area contributed by atoms with Crippen LogP contribution in [0.5, 0.6) is 0 Å². The molecule has 4 rings (SSSR count). The third-order valence-corrected chi connectivity index (χ3v) is 5.61. The second-order valence-electron chi connectivity index (χ2n) is 6.63. The molecule has 4 nitrogen and oxygen atoms in total. The Hall–Kier alpha value is -1.98. The van der Waals surface area contributed by atoms with Gasteiger partial charge < -0.3 is 14.4 Å². The number of rotatable bonds is 4. The maximum absolute atomic E-state index is 14.3. The van der Waals surface area contributed by atoms with E-state index in [0.29, 0.717) is 15.6 Å². The third-order valence-electron chi connectivity index (χ3n) is 5.08. The average Bonchev–Trinajstić information content (AvgIpc) is 3.01. The third kappa shape index (κ3) is 3.13. The van der Waals surface area contributed by atoms with Gasteiger partial charge in [-0.15, -0.1) is 0 Å². The second kappa shape index (κ2) is 7.21. The number of halogens is 3. The summed E-state index contributed by atoms with van der Waals surface area (Å²) in [5.41, 5.74) is 3.40. The summed E-state index contributed by atoms with van der Waals surface area (Å²) in [7, 11) is 0. The van der Waals surface area contributed by atoms with Gasteiger partial charge in [-0.2, -0.15) is 0 Å². The van der Waals surface area contributed by atoms with E-state index in [4.69, 9.17) is 28.2 Å². The Kier molecular flexibility index (Phi) is 4.91. The molecule has 2 aromatic carbocycles. The Balaban J connectivity index is 1.93. The SMILES string of the molecule is CCN(CC)c1cc(F)cc2nc3n(c12)CCCN3c1ccc(Cl)cc1Cl. The van der Waals surface area contributed by atoms with E-state index in [-0.39, 0.29) is 5.82 Å². The van der Waals surface area contributed by atoms with Crippen LogP contribution in [0.3, 0.4) is 0 Å². The van der Waals surface area contributed by atoms with Crippen LogP contribution in [0.1, 0.15) is 20.3 Å². The number of imidazole rings is 1. The minimum Gasteiger partial charge on any atom is -0.370 e. The molecule has 0 saturated carbocycles. The highest BCUT2D eigenvalue weighted by atomic mass is 35.5. The number of aryl methyl sites for hydroxylation is 1. The molecule has 142 valence electrons. The van der Waals surface area contributed by atoms with Crippen LogP contribution in [-0.4, -0.2) is 29.2 Å². The Labute approximate surface area is 168 Å². The number of hydrogen-bond acceptors (Lipinski definition) is 3. The van der Waals surface area contributed by atoms with Gasteiger partial charge in [0, 0.05) is 37.3 Å². The van der Waals surface area contributed by atoms with Crippen molar-refractivity contribution in [1.29, 1.82) is 0 Å². The van der Waals surface area contributed by atoms with Crippen LogP contribution in [0.2, 0.25) is 10.0 Å². The summed E-state index contributed by atoms with van der Waals surface area (Å²) in [5.74, 6) is 0.524. The zero-order valence-corrected chi connectivity index (χ0v) is 16.9. The van der Waals surface area contributed by atoms with Crippen LogP contribution in [0.25, 0.3) is 11.0 Å². The van der Waals surface area contributed by atoms with Gasteiger partial charge in [0.1, 0.15) is 5.82 Å². The van der Waals surface area contributed by atoms with E-state index in [2.05, 4.69) is 28.2 Å². The van der Waals surface area contributed by atoms with Gasteiger partial charge in [0.05, 0.1) is 27.4 Å². The van der Waals surface area contributed by atoms with Crippen molar-refractivity contribution in [2.45, 2.75) is 26.8 Å². The zero-order chi connectivity index (χ0) is 19.1. The number of hydrogen-bond donors (Lipinski definition) is 0. The van der Waals surface area contributed by atoms with E-state index >= 15 is 0 Å². The number of aromatic nitrogens is 2. The Morgan fingerprint density at radius 3 is 2.59 bits per heavy atom. The molecule has 1 aliphatic rings. The summed E-state index contributed by atoms with van der Waals surface area (Å²) in [6.07, 6.45) is 0.951. The summed E-state index contributed by atoms with van der Waals surface area (Å²) in [6, 6.07) is 8.59. The number of nitrogens with zero attached hydrogens (tertiary/aromatic N) is 4. The maximum atomic E-state index is 14.3. The van der Waals surface area contributed by atoms with Crippen molar-refractivity contribution < 1.29 is 4.39 Å². The standard InChI is InChI=1S/C20H21Cl2FN4/c1-3-25(4-2)18-12-14(23)11-16-19(18)27-9-5-8-26(20(27)24-16)17-7-6-13(21)10-15(17)22/h6-7,10-12H,3-5,8-9H2,1-2H3. The lowest BCUT2D eigenvalue weighted by Gasteiger charge is -2.31. The molecule has 0 unspecified atom stereocenters. The van der Waals surface area contributed by atoms with Gasteiger partial charge in [0.2, 0.25) is 5.95 Å². The molecule has 0 saturated heterocycles. The van der Waals surface area contributed by atoms with Gasteiger partial charge in [-0.3, -0.25) is 0 Å². The molecule has 7 heteroatoms. The van der Waals surface area contributed by atoms with Gasteiger partial charge in [-0.05, 0) is 44.5 Å². The minimum atomic E-state index is -0.268. The zero-order valence-electron chi connectivity index (χ0n) is 15.3. The van der Waals surface area contributed by atoms with Gasteiger partial charge in [-0.25, -0.2) is 9.37 Å². The Morgan fingerprint density at radius 2 is 1.89 bits per heavy atom. The predicted octanol–water partition coefficient (Wildman–Crippen LogP) is 5.87. The van der Waals surface area contributed by atoms with Crippen LogP contribution < -0.4 is 9.80 Å². The number of benzene rings is 2. The van der Waals surface area contributed by atoms with Crippen LogP contribution in [-0.2, 0) is 6.54 Å². The quantitative estimate of drug-likeness (QED) is 0.541. The predicted molar refractivity (Wildman–Crippen MR) is 111 cm³/mol. The highest BCUT2D eigenvalue weighted by molar-refractivity contribution is 6.36. The van der Waals surface area contributed by atoms with E-state index < -0.39 is 0 Å². The second-order valence-corrected chi connectivity index (χ2v) is 7.47. The summed E-state index contributed by atoms with van der Waals surface area (Å²) in [5, 5.41) is 1.18. The molecular weight excluding hydrogens is 386 g/mol. The summed E-state index contributed by atoms with van der Waals surface area (Å²) in [6.45, 7) is 7.41. The molecule has 0 N–H and O–H groups in total. The maximum Gasteiger partial charge on any atom is 0.211 e. The first kappa shape index (κ1) is 18.4. The van der Waals surface area contributed by atoms with Crippen molar-refractivity contribution in [3.05, 3.63) is 46.2 Å². The molecule has 0 aliphatic carbocycles. The van der Waals surface area contributed by atoms with Crippen molar-refractivity contribution >= 4 is 51.6 Å². The first-order valence-electron chi connectivity index (χ1n) is 9.20. The van der Waals surface area contributed by atoms with E-state index in [0.717, 1.165) is 55.4 Å². The summed E-state index contributed by atoms with van der Waals surface area (Å²) >= 11 is 12.5. The minimum absolute atomic E-state index is 0.268. The monoisotopic (exact) mass is 406 g/mol. The first-order valence-corrected chi connectivity index (χ1v) is 9.96. The molecule has 0 spiro atoms. The highest BCUT2D eigenvalue weighted by Crippen LogP contribution is 2.39. The van der Waals surface area contributed by atoms with E-state index in [1.807, 2.05) is 12.1 Å². The molecule has 0 bridgehead atoms. The van der Waals surface area contributed by atoms with Gasteiger partial charge in [0.25, 0.3) is 0 Å². The fraction of sp³-hybridized carbons (Fsp3) is 0.350. The molecular formula is C20H21Cl2FN4. The van der Waals surface area contributed by atoms with Gasteiger partial charge in [0.15, 0.2) is 0 Å². The van der Waals surface area contributed by atoms with Crippen LogP contribution in [0.15, 0.2) is 30.3 Å². The molecule has 1 aromatic heterocycles. The van der Waals surface area contributed by atoms with Crippen LogP contribution in [0.4, 0.5) is 21.7 Å². The molecule has 27 heavy (non-hydrogen) atoms. The molecule has 0 atom stereocenters. The molecule has 0 amide bonds. The summed E-state index contributed by atoms with van der Waals surface area (Å²) < 4.78 is 16.5. The number of fused-ring (bicyclic) bond motifs is 3. The summed E-state index contributed by atoms with van der Waals surface area (Å²) in [4.78, 5) is 9.03. The van der Waals surface area contributed by atoms with Crippen molar-refractivity contribution in [1.82, 2.24) is 9.55 Å². The molecule has 3 aromatic rings. The Morgan fingerprint density at radius 1 is 1.11 bits per heavy atom. The first-order chi connectivity index (χ1) is 13.0. The lowest BCUT2D eigenvalue weighted by atomic mass is 10.2. The molecule has 0 fully saturated rings. The van der Waals surface area contributed by atoms with Crippen molar-refractivity contribution in [2.24, 2.45) is 0 Å². The van der Waals surface area contributed by atoms with Crippen molar-refractivity contribution in [2.75, 3.05) is 29.4 Å². The Bertz CT molecular complexity index is 997. The largest absolute Gasteiger partial charge is 0.370 e. The van der Waals surface area contributed by atoms with E-state index in [1.165, 1.54) is 6.07 Å². The fourth-order valence-electron chi connectivity index (χ4n) is 3.84. The average molecular weight is 407 g/mol. The fourth-order valence-corrected chi connectivity index (χ4v) is 4.35. The topological polar surface area (TPSA) is 24.3 Å². The van der Waals surface area contributed by atoms with Gasteiger partial charge >= 0.3 is 0 Å². The lowest BCUT2D eigenvalue weighted by molar-refractivity contribution is 0.603. The normalized spacial score (nSPS) is 13.9. The van der Waals surface area contributed by atoms with Crippen molar-refractivity contribution in [3.63, 3.8) is 0 Å². The van der Waals surface area contributed by atoms with E-state index in [9.17, 15) is 4.39 Å². The molecule has 2 heterocycles. The molecule has 0 radical (unpaired) electrons. The molecule has 1 aliphatic heterocycles. The van der Waals surface area contributed by atoms with Crippen LogP contribution >= 0.6 is 23.2 Å². The number of anilines is 3. The highest BCUT2D eigenvalue weighted by Gasteiger charge is 2.26. The van der Waals surface area contributed by atoms with Gasteiger partial charge in [-0.1, -0.05) is 23.2 Å². The van der Waals surface area contributed by atoms with E-state index in [1.54, 1.807) is 12.1 Å².